The lowest BCUT2D eigenvalue weighted by atomic mass is 9.84. The second-order valence-electron chi connectivity index (χ2n) is 6.35. The summed E-state index contributed by atoms with van der Waals surface area (Å²) < 4.78 is 2.29. The number of aryl methyl sites for hydroxylation is 1. The Morgan fingerprint density at radius 2 is 2.26 bits per heavy atom. The quantitative estimate of drug-likeness (QED) is 0.850. The largest absolute Gasteiger partial charge is 0.334 e. The minimum atomic E-state index is 0.448. The van der Waals surface area contributed by atoms with E-state index in [9.17, 15) is 0 Å². The van der Waals surface area contributed by atoms with E-state index < -0.39 is 0 Å². The van der Waals surface area contributed by atoms with Crippen molar-refractivity contribution in [1.82, 2.24) is 14.9 Å². The van der Waals surface area contributed by atoms with Gasteiger partial charge in [0.1, 0.15) is 5.82 Å². The third-order valence-corrected chi connectivity index (χ3v) is 5.27. The molecule has 2 aliphatic carbocycles. The average molecular weight is 261 g/mol. The van der Waals surface area contributed by atoms with E-state index in [4.69, 9.17) is 0 Å². The highest BCUT2D eigenvalue weighted by atomic mass is 15.1. The Hall–Kier alpha value is -0.830. The molecule has 19 heavy (non-hydrogen) atoms. The molecule has 2 bridgehead atoms. The summed E-state index contributed by atoms with van der Waals surface area (Å²) in [6, 6.07) is 0.448. The molecule has 3 rings (SSSR count). The molecule has 0 spiro atoms. The van der Waals surface area contributed by atoms with Gasteiger partial charge >= 0.3 is 0 Å². The molecular formula is C16H27N3. The van der Waals surface area contributed by atoms with E-state index in [-0.39, 0.29) is 0 Å². The monoisotopic (exact) mass is 261 g/mol. The van der Waals surface area contributed by atoms with Gasteiger partial charge in [0.2, 0.25) is 0 Å². The summed E-state index contributed by atoms with van der Waals surface area (Å²) in [5.74, 6) is 4.23. The summed E-state index contributed by atoms with van der Waals surface area (Å²) in [6.45, 7) is 6.45. The third-order valence-electron chi connectivity index (χ3n) is 5.27. The lowest BCUT2D eigenvalue weighted by molar-refractivity contribution is 0.274. The topological polar surface area (TPSA) is 29.9 Å². The fourth-order valence-electron chi connectivity index (χ4n) is 4.39. The zero-order valence-electron chi connectivity index (χ0n) is 12.3. The molecule has 1 aromatic rings. The maximum atomic E-state index is 4.61. The van der Waals surface area contributed by atoms with Crippen molar-refractivity contribution in [3.8, 4) is 0 Å². The number of nitrogens with one attached hydrogen (secondary N) is 1. The van der Waals surface area contributed by atoms with Crippen molar-refractivity contribution in [2.24, 2.45) is 17.8 Å². The normalized spacial score (nSPS) is 30.9. The van der Waals surface area contributed by atoms with E-state index in [1.807, 2.05) is 6.20 Å². The number of hydrogen-bond donors (Lipinski definition) is 1. The van der Waals surface area contributed by atoms with Crippen LogP contribution in [0.15, 0.2) is 12.4 Å². The maximum absolute atomic E-state index is 4.61. The van der Waals surface area contributed by atoms with E-state index in [0.717, 1.165) is 30.8 Å². The molecule has 1 aromatic heterocycles. The number of nitrogens with zero attached hydrogens (tertiary/aromatic N) is 2. The fourth-order valence-corrected chi connectivity index (χ4v) is 4.39. The first-order valence-corrected chi connectivity index (χ1v) is 8.06. The molecular weight excluding hydrogens is 234 g/mol. The van der Waals surface area contributed by atoms with Gasteiger partial charge in [0.15, 0.2) is 0 Å². The molecule has 0 aliphatic heterocycles. The standard InChI is InChI=1S/C16H27N3/c1-3-17-15(16-18-7-8-19(16)4-2)11-14-10-12-5-6-13(14)9-12/h7-8,12-15,17H,3-6,9-11H2,1-2H3. The first kappa shape index (κ1) is 13.2. The molecule has 1 N–H and O–H groups in total. The van der Waals surface area contributed by atoms with Gasteiger partial charge in [-0.25, -0.2) is 4.98 Å². The van der Waals surface area contributed by atoms with Crippen LogP contribution in [0, 0.1) is 17.8 Å². The Kier molecular flexibility index (Phi) is 3.92. The van der Waals surface area contributed by atoms with Gasteiger partial charge in [-0.1, -0.05) is 13.3 Å². The Labute approximate surface area is 116 Å². The highest BCUT2D eigenvalue weighted by Gasteiger charge is 2.40. The first-order valence-electron chi connectivity index (χ1n) is 8.06. The van der Waals surface area contributed by atoms with Crippen molar-refractivity contribution >= 4 is 0 Å². The molecule has 0 aromatic carbocycles. The van der Waals surface area contributed by atoms with E-state index in [1.165, 1.54) is 37.9 Å². The lowest BCUT2D eigenvalue weighted by Gasteiger charge is -2.27. The van der Waals surface area contributed by atoms with E-state index in [0.29, 0.717) is 6.04 Å². The van der Waals surface area contributed by atoms with Gasteiger partial charge in [-0.2, -0.15) is 0 Å². The van der Waals surface area contributed by atoms with Crippen molar-refractivity contribution in [1.29, 1.82) is 0 Å². The van der Waals surface area contributed by atoms with Gasteiger partial charge in [0.25, 0.3) is 0 Å². The molecule has 106 valence electrons. The highest BCUT2D eigenvalue weighted by molar-refractivity contribution is 5.02. The summed E-state index contributed by atoms with van der Waals surface area (Å²) in [5.41, 5.74) is 0. The van der Waals surface area contributed by atoms with Crippen LogP contribution in [-0.2, 0) is 6.54 Å². The molecule has 3 heteroatoms. The van der Waals surface area contributed by atoms with Crippen molar-refractivity contribution in [2.75, 3.05) is 6.54 Å². The van der Waals surface area contributed by atoms with Gasteiger partial charge in [-0.15, -0.1) is 0 Å². The SMILES string of the molecule is CCNC(CC1CC2CCC1C2)c1nccn1CC. The molecule has 0 radical (unpaired) electrons. The maximum Gasteiger partial charge on any atom is 0.125 e. The Morgan fingerprint density at radius 1 is 1.37 bits per heavy atom. The molecule has 2 aliphatic rings. The smallest absolute Gasteiger partial charge is 0.125 e. The molecule has 0 amide bonds. The van der Waals surface area contributed by atoms with Crippen LogP contribution in [0.25, 0.3) is 0 Å². The molecule has 0 saturated heterocycles. The number of rotatable bonds is 6. The van der Waals surface area contributed by atoms with Crippen LogP contribution in [0.4, 0.5) is 0 Å². The van der Waals surface area contributed by atoms with Crippen LogP contribution in [0.1, 0.15) is 57.8 Å². The molecule has 4 unspecified atom stereocenters. The minimum absolute atomic E-state index is 0.448. The fraction of sp³-hybridized carbons (Fsp3) is 0.812. The number of fused-ring (bicyclic) bond motifs is 2. The number of hydrogen-bond acceptors (Lipinski definition) is 2. The molecule has 2 fully saturated rings. The summed E-state index contributed by atoms with van der Waals surface area (Å²) in [4.78, 5) is 4.61. The van der Waals surface area contributed by atoms with Crippen molar-refractivity contribution in [3.05, 3.63) is 18.2 Å². The average Bonchev–Trinajstić information content (AvgIpc) is 3.13. The summed E-state index contributed by atoms with van der Waals surface area (Å²) >= 11 is 0. The van der Waals surface area contributed by atoms with Gasteiger partial charge < -0.3 is 9.88 Å². The van der Waals surface area contributed by atoms with Crippen LogP contribution in [-0.4, -0.2) is 16.1 Å². The van der Waals surface area contributed by atoms with Crippen LogP contribution in [0.3, 0.4) is 0 Å². The van der Waals surface area contributed by atoms with Crippen molar-refractivity contribution in [2.45, 2.75) is 58.5 Å². The van der Waals surface area contributed by atoms with Gasteiger partial charge in [0.05, 0.1) is 6.04 Å². The first-order chi connectivity index (χ1) is 9.31. The summed E-state index contributed by atoms with van der Waals surface area (Å²) in [5, 5.41) is 3.66. The number of imidazole rings is 1. The third kappa shape index (κ3) is 2.58. The van der Waals surface area contributed by atoms with Gasteiger partial charge in [-0.05, 0) is 56.9 Å². The van der Waals surface area contributed by atoms with Crippen LogP contribution < -0.4 is 5.32 Å². The van der Waals surface area contributed by atoms with E-state index in [2.05, 4.69) is 34.9 Å². The minimum Gasteiger partial charge on any atom is -0.334 e. The van der Waals surface area contributed by atoms with Crippen molar-refractivity contribution < 1.29 is 0 Å². The zero-order valence-corrected chi connectivity index (χ0v) is 12.3. The molecule has 2 saturated carbocycles. The van der Waals surface area contributed by atoms with Gasteiger partial charge in [0, 0.05) is 18.9 Å². The molecule has 1 heterocycles. The lowest BCUT2D eigenvalue weighted by Crippen LogP contribution is -2.28. The van der Waals surface area contributed by atoms with Crippen molar-refractivity contribution in [3.63, 3.8) is 0 Å². The van der Waals surface area contributed by atoms with Gasteiger partial charge in [-0.3, -0.25) is 0 Å². The predicted molar refractivity (Wildman–Crippen MR) is 77.9 cm³/mol. The molecule has 4 atom stereocenters. The Bertz CT molecular complexity index is 412. The number of aromatic nitrogens is 2. The summed E-state index contributed by atoms with van der Waals surface area (Å²) in [7, 11) is 0. The Morgan fingerprint density at radius 3 is 2.89 bits per heavy atom. The van der Waals surface area contributed by atoms with E-state index in [1.54, 1.807) is 0 Å². The van der Waals surface area contributed by atoms with Crippen LogP contribution >= 0.6 is 0 Å². The molecule has 3 nitrogen and oxygen atoms in total. The second kappa shape index (κ2) is 5.66. The van der Waals surface area contributed by atoms with Crippen LogP contribution in [0.2, 0.25) is 0 Å². The highest BCUT2D eigenvalue weighted by Crippen LogP contribution is 2.50. The van der Waals surface area contributed by atoms with Crippen LogP contribution in [0.5, 0.6) is 0 Å². The van der Waals surface area contributed by atoms with E-state index >= 15 is 0 Å². The Balaban J connectivity index is 1.70. The second-order valence-corrected chi connectivity index (χ2v) is 6.35. The zero-order chi connectivity index (χ0) is 13.2. The predicted octanol–water partition coefficient (Wildman–Crippen LogP) is 3.38. The summed E-state index contributed by atoms with van der Waals surface area (Å²) in [6.07, 6.45) is 11.3.